The van der Waals surface area contributed by atoms with Crippen LogP contribution in [0.5, 0.6) is 0 Å². The number of hydrogen-bond donors (Lipinski definition) is 2. The van der Waals surface area contributed by atoms with Gasteiger partial charge in [-0.2, -0.15) is 0 Å². The molecule has 0 saturated carbocycles. The van der Waals surface area contributed by atoms with Crippen molar-refractivity contribution < 1.29 is 9.18 Å². The normalized spacial score (nSPS) is 14.4. The Labute approximate surface area is 138 Å². The fourth-order valence-electron chi connectivity index (χ4n) is 2.42. The van der Waals surface area contributed by atoms with Crippen LogP contribution in [0, 0.1) is 5.82 Å². The maximum Gasteiger partial charge on any atom is 0.271 e. The standard InChI is InChI=1S/C17H18FN3OS/c18-14-4-2-1-3-13(14)9-16-21-15(11-23-16)17(22)20-10-12-5-7-19-8-6-12/h1-5,11,19H,6-10H2,(H,20,22). The first-order valence-corrected chi connectivity index (χ1v) is 8.45. The van der Waals surface area contributed by atoms with Gasteiger partial charge < -0.3 is 10.6 Å². The van der Waals surface area contributed by atoms with Crippen molar-refractivity contribution >= 4 is 17.2 Å². The van der Waals surface area contributed by atoms with E-state index in [1.807, 2.05) is 0 Å². The number of carbonyl (C=O) groups is 1. The molecule has 0 spiro atoms. The molecule has 0 fully saturated rings. The van der Waals surface area contributed by atoms with E-state index >= 15 is 0 Å². The third-order valence-corrected chi connectivity index (χ3v) is 4.57. The van der Waals surface area contributed by atoms with Crippen molar-refractivity contribution in [1.82, 2.24) is 15.6 Å². The van der Waals surface area contributed by atoms with Gasteiger partial charge in [-0.05, 0) is 24.6 Å². The molecule has 0 bridgehead atoms. The number of benzene rings is 1. The van der Waals surface area contributed by atoms with E-state index in [-0.39, 0.29) is 11.7 Å². The van der Waals surface area contributed by atoms with Crippen LogP contribution in [-0.4, -0.2) is 30.5 Å². The van der Waals surface area contributed by atoms with Crippen LogP contribution in [0.3, 0.4) is 0 Å². The predicted octanol–water partition coefficient (Wildman–Crippen LogP) is 2.52. The van der Waals surface area contributed by atoms with Gasteiger partial charge in [0.1, 0.15) is 11.5 Å². The Morgan fingerprint density at radius 1 is 1.39 bits per heavy atom. The number of thiazole rings is 1. The summed E-state index contributed by atoms with van der Waals surface area (Å²) in [6, 6.07) is 6.63. The fourth-order valence-corrected chi connectivity index (χ4v) is 3.21. The molecule has 2 aromatic rings. The molecule has 1 aromatic heterocycles. The summed E-state index contributed by atoms with van der Waals surface area (Å²) >= 11 is 1.38. The van der Waals surface area contributed by atoms with E-state index in [9.17, 15) is 9.18 Å². The molecule has 6 heteroatoms. The molecule has 1 amide bonds. The first-order chi connectivity index (χ1) is 11.2. The molecule has 0 radical (unpaired) electrons. The second-order valence-electron chi connectivity index (χ2n) is 5.39. The number of aromatic nitrogens is 1. The molecule has 120 valence electrons. The van der Waals surface area contributed by atoms with E-state index in [0.29, 0.717) is 24.2 Å². The molecule has 3 rings (SSSR count). The van der Waals surface area contributed by atoms with Gasteiger partial charge in [0, 0.05) is 24.9 Å². The smallest absolute Gasteiger partial charge is 0.271 e. The van der Waals surface area contributed by atoms with E-state index in [2.05, 4.69) is 21.7 Å². The second kappa shape index (κ2) is 7.48. The third-order valence-electron chi connectivity index (χ3n) is 3.72. The average Bonchev–Trinajstić information content (AvgIpc) is 3.04. The Morgan fingerprint density at radius 3 is 3.04 bits per heavy atom. The SMILES string of the molecule is O=C(NCC1=CCNCC1)c1csc(Cc2ccccc2F)n1. The van der Waals surface area contributed by atoms with Crippen LogP contribution in [0.1, 0.15) is 27.5 Å². The zero-order chi connectivity index (χ0) is 16.1. The number of carbonyl (C=O) groups excluding carboxylic acids is 1. The summed E-state index contributed by atoms with van der Waals surface area (Å²) in [6.45, 7) is 2.36. The van der Waals surface area contributed by atoms with E-state index in [1.165, 1.54) is 23.0 Å². The number of halogens is 1. The Hall–Kier alpha value is -2.05. The van der Waals surface area contributed by atoms with Crippen LogP contribution in [-0.2, 0) is 6.42 Å². The van der Waals surface area contributed by atoms with Gasteiger partial charge >= 0.3 is 0 Å². The minimum absolute atomic E-state index is 0.180. The highest BCUT2D eigenvalue weighted by molar-refractivity contribution is 7.09. The molecule has 1 aliphatic heterocycles. The molecular weight excluding hydrogens is 313 g/mol. The summed E-state index contributed by atoms with van der Waals surface area (Å²) in [4.78, 5) is 16.5. The van der Waals surface area contributed by atoms with Crippen molar-refractivity contribution in [2.24, 2.45) is 0 Å². The van der Waals surface area contributed by atoms with Crippen molar-refractivity contribution in [2.45, 2.75) is 12.8 Å². The van der Waals surface area contributed by atoms with E-state index in [4.69, 9.17) is 0 Å². The Morgan fingerprint density at radius 2 is 2.26 bits per heavy atom. The highest BCUT2D eigenvalue weighted by Crippen LogP contribution is 2.17. The van der Waals surface area contributed by atoms with Crippen LogP contribution in [0.2, 0.25) is 0 Å². The molecule has 0 aliphatic carbocycles. The van der Waals surface area contributed by atoms with Crippen molar-refractivity contribution in [2.75, 3.05) is 19.6 Å². The van der Waals surface area contributed by atoms with E-state index in [1.54, 1.807) is 23.6 Å². The average molecular weight is 331 g/mol. The first kappa shape index (κ1) is 15.8. The van der Waals surface area contributed by atoms with Crippen LogP contribution < -0.4 is 10.6 Å². The van der Waals surface area contributed by atoms with Gasteiger partial charge in [-0.1, -0.05) is 29.8 Å². The molecule has 1 aromatic carbocycles. The monoisotopic (exact) mass is 331 g/mol. The molecule has 0 saturated heterocycles. The molecule has 2 N–H and O–H groups in total. The third kappa shape index (κ3) is 4.24. The molecule has 2 heterocycles. The molecule has 0 atom stereocenters. The maximum atomic E-state index is 13.7. The summed E-state index contributed by atoms with van der Waals surface area (Å²) in [6.07, 6.45) is 3.46. The number of amides is 1. The Kier molecular flexibility index (Phi) is 5.15. The van der Waals surface area contributed by atoms with Crippen molar-refractivity contribution in [1.29, 1.82) is 0 Å². The zero-order valence-corrected chi connectivity index (χ0v) is 13.5. The molecule has 0 unspecified atom stereocenters. The zero-order valence-electron chi connectivity index (χ0n) is 12.6. The minimum Gasteiger partial charge on any atom is -0.347 e. The van der Waals surface area contributed by atoms with Crippen molar-refractivity contribution in [3.63, 3.8) is 0 Å². The fraction of sp³-hybridized carbons (Fsp3) is 0.294. The largest absolute Gasteiger partial charge is 0.347 e. The topological polar surface area (TPSA) is 54.0 Å². The molecule has 1 aliphatic rings. The quantitative estimate of drug-likeness (QED) is 0.828. The number of hydrogen-bond acceptors (Lipinski definition) is 4. The summed E-state index contributed by atoms with van der Waals surface area (Å²) in [5.74, 6) is -0.424. The second-order valence-corrected chi connectivity index (χ2v) is 6.34. The molecule has 23 heavy (non-hydrogen) atoms. The lowest BCUT2D eigenvalue weighted by atomic mass is 10.1. The number of nitrogens with zero attached hydrogens (tertiary/aromatic N) is 1. The van der Waals surface area contributed by atoms with Gasteiger partial charge in [-0.15, -0.1) is 11.3 Å². The van der Waals surface area contributed by atoms with Gasteiger partial charge in [-0.25, -0.2) is 9.37 Å². The maximum absolute atomic E-state index is 13.7. The lowest BCUT2D eigenvalue weighted by Crippen LogP contribution is -2.29. The molecular formula is C17H18FN3OS. The lowest BCUT2D eigenvalue weighted by Gasteiger charge is -2.14. The first-order valence-electron chi connectivity index (χ1n) is 7.57. The lowest BCUT2D eigenvalue weighted by molar-refractivity contribution is 0.0952. The molecule has 4 nitrogen and oxygen atoms in total. The number of rotatable bonds is 5. The van der Waals surface area contributed by atoms with Crippen molar-refractivity contribution in [3.8, 4) is 0 Å². The summed E-state index contributed by atoms with van der Waals surface area (Å²) in [7, 11) is 0. The van der Waals surface area contributed by atoms with Crippen LogP contribution >= 0.6 is 11.3 Å². The minimum atomic E-state index is -0.244. The van der Waals surface area contributed by atoms with Gasteiger partial charge in [0.2, 0.25) is 0 Å². The van der Waals surface area contributed by atoms with Gasteiger partial charge in [-0.3, -0.25) is 4.79 Å². The van der Waals surface area contributed by atoms with Gasteiger partial charge in [0.15, 0.2) is 0 Å². The summed E-state index contributed by atoms with van der Waals surface area (Å²) in [5, 5.41) is 8.59. The van der Waals surface area contributed by atoms with Crippen LogP contribution in [0.4, 0.5) is 4.39 Å². The van der Waals surface area contributed by atoms with Gasteiger partial charge in [0.25, 0.3) is 5.91 Å². The van der Waals surface area contributed by atoms with Gasteiger partial charge in [0.05, 0.1) is 5.01 Å². The van der Waals surface area contributed by atoms with Crippen LogP contribution in [0.15, 0.2) is 41.3 Å². The van der Waals surface area contributed by atoms with E-state index < -0.39 is 0 Å². The highest BCUT2D eigenvalue weighted by atomic mass is 32.1. The summed E-state index contributed by atoms with van der Waals surface area (Å²) < 4.78 is 13.7. The predicted molar refractivity (Wildman–Crippen MR) is 89.2 cm³/mol. The summed E-state index contributed by atoms with van der Waals surface area (Å²) in [5.41, 5.74) is 2.23. The number of nitrogens with one attached hydrogen (secondary N) is 2. The van der Waals surface area contributed by atoms with Crippen molar-refractivity contribution in [3.05, 3.63) is 63.4 Å². The Bertz CT molecular complexity index is 726. The highest BCUT2D eigenvalue weighted by Gasteiger charge is 2.13. The van der Waals surface area contributed by atoms with E-state index in [0.717, 1.165) is 24.5 Å². The van der Waals surface area contributed by atoms with Crippen LogP contribution in [0.25, 0.3) is 0 Å². The Balaban J connectivity index is 1.59.